The smallest absolute Gasteiger partial charge is 0.254 e. The Morgan fingerprint density at radius 3 is 2.91 bits per heavy atom. The number of rotatable bonds is 3. The van der Waals surface area contributed by atoms with Crippen LogP contribution < -0.4 is 0 Å². The molecule has 0 radical (unpaired) electrons. The summed E-state index contributed by atoms with van der Waals surface area (Å²) in [7, 11) is 0. The average Bonchev–Trinajstić information content (AvgIpc) is 2.99. The van der Waals surface area contributed by atoms with Crippen molar-refractivity contribution in [3.8, 4) is 0 Å². The van der Waals surface area contributed by atoms with Gasteiger partial charge in [0.2, 0.25) is 0 Å². The lowest BCUT2D eigenvalue weighted by atomic mass is 10.2. The standard InChI is InChI=1S/C16H20N4OS/c1-13(15-11-17-4-5-18-15)19-6-2-7-20(9-8-19)16(21)14-3-10-22-12-14/h3-5,10-13H,2,6-9H2,1H3/t13-/m1/s1. The third-order valence-corrected chi connectivity index (χ3v) is 4.83. The van der Waals surface area contributed by atoms with Crippen LogP contribution in [0.25, 0.3) is 0 Å². The fourth-order valence-corrected chi connectivity index (χ4v) is 3.44. The number of aromatic nitrogens is 2. The van der Waals surface area contributed by atoms with Gasteiger partial charge in [-0.15, -0.1) is 0 Å². The van der Waals surface area contributed by atoms with Gasteiger partial charge in [0, 0.05) is 50.1 Å². The summed E-state index contributed by atoms with van der Waals surface area (Å²) in [5.74, 6) is 0.148. The molecule has 22 heavy (non-hydrogen) atoms. The van der Waals surface area contributed by atoms with E-state index in [1.54, 1.807) is 23.7 Å². The van der Waals surface area contributed by atoms with Crippen molar-refractivity contribution in [1.29, 1.82) is 0 Å². The third kappa shape index (κ3) is 3.34. The van der Waals surface area contributed by atoms with E-state index in [1.807, 2.05) is 27.9 Å². The number of amides is 1. The maximum atomic E-state index is 12.5. The van der Waals surface area contributed by atoms with Crippen molar-refractivity contribution in [3.63, 3.8) is 0 Å². The summed E-state index contributed by atoms with van der Waals surface area (Å²) in [6, 6.07) is 2.13. The molecular formula is C16H20N4OS. The van der Waals surface area contributed by atoms with Gasteiger partial charge in [0.15, 0.2) is 0 Å². The zero-order chi connectivity index (χ0) is 15.4. The molecule has 1 atom stereocenters. The Balaban J connectivity index is 1.64. The van der Waals surface area contributed by atoms with E-state index in [0.29, 0.717) is 0 Å². The topological polar surface area (TPSA) is 49.3 Å². The van der Waals surface area contributed by atoms with Crippen LogP contribution in [0.5, 0.6) is 0 Å². The van der Waals surface area contributed by atoms with Gasteiger partial charge in [-0.2, -0.15) is 11.3 Å². The van der Waals surface area contributed by atoms with E-state index in [-0.39, 0.29) is 11.9 Å². The highest BCUT2D eigenvalue weighted by atomic mass is 32.1. The van der Waals surface area contributed by atoms with Gasteiger partial charge in [0.1, 0.15) is 0 Å². The van der Waals surface area contributed by atoms with Crippen molar-refractivity contribution in [2.75, 3.05) is 26.2 Å². The Bertz CT molecular complexity index is 602. The first-order valence-corrected chi connectivity index (χ1v) is 8.51. The molecule has 116 valence electrons. The molecule has 0 unspecified atom stereocenters. The van der Waals surface area contributed by atoms with Gasteiger partial charge >= 0.3 is 0 Å². The first-order chi connectivity index (χ1) is 10.8. The molecule has 6 heteroatoms. The molecule has 2 aromatic heterocycles. The Kier molecular flexibility index (Phi) is 4.80. The Morgan fingerprint density at radius 2 is 2.18 bits per heavy atom. The van der Waals surface area contributed by atoms with E-state index in [4.69, 9.17) is 0 Å². The minimum Gasteiger partial charge on any atom is -0.337 e. The average molecular weight is 316 g/mol. The maximum Gasteiger partial charge on any atom is 0.254 e. The first kappa shape index (κ1) is 15.1. The van der Waals surface area contributed by atoms with Crippen LogP contribution in [0.15, 0.2) is 35.4 Å². The molecule has 0 N–H and O–H groups in total. The van der Waals surface area contributed by atoms with Gasteiger partial charge < -0.3 is 4.90 Å². The molecule has 1 saturated heterocycles. The fourth-order valence-electron chi connectivity index (χ4n) is 2.81. The molecule has 3 heterocycles. The molecule has 3 rings (SSSR count). The summed E-state index contributed by atoms with van der Waals surface area (Å²) in [6.07, 6.45) is 6.24. The lowest BCUT2D eigenvalue weighted by molar-refractivity contribution is 0.0759. The molecule has 1 aliphatic heterocycles. The minimum absolute atomic E-state index is 0.148. The van der Waals surface area contributed by atoms with Crippen LogP contribution in [0.1, 0.15) is 35.4 Å². The molecule has 0 aromatic carbocycles. The van der Waals surface area contributed by atoms with E-state index in [0.717, 1.165) is 43.9 Å². The third-order valence-electron chi connectivity index (χ3n) is 4.14. The van der Waals surface area contributed by atoms with Crippen LogP contribution in [0.3, 0.4) is 0 Å². The lowest BCUT2D eigenvalue weighted by Gasteiger charge is -2.27. The summed E-state index contributed by atoms with van der Waals surface area (Å²) < 4.78 is 0. The monoisotopic (exact) mass is 316 g/mol. The number of carbonyl (C=O) groups is 1. The molecular weight excluding hydrogens is 296 g/mol. The molecule has 5 nitrogen and oxygen atoms in total. The quantitative estimate of drug-likeness (QED) is 0.873. The Hall–Kier alpha value is -1.79. The molecule has 1 aliphatic rings. The maximum absolute atomic E-state index is 12.5. The zero-order valence-electron chi connectivity index (χ0n) is 12.7. The minimum atomic E-state index is 0.148. The van der Waals surface area contributed by atoms with E-state index in [9.17, 15) is 4.79 Å². The second kappa shape index (κ2) is 6.98. The zero-order valence-corrected chi connectivity index (χ0v) is 13.5. The molecule has 0 bridgehead atoms. The number of carbonyl (C=O) groups excluding carboxylic acids is 1. The van der Waals surface area contributed by atoms with Gasteiger partial charge in [0.25, 0.3) is 5.91 Å². The van der Waals surface area contributed by atoms with Crippen molar-refractivity contribution in [3.05, 3.63) is 46.7 Å². The molecule has 1 amide bonds. The van der Waals surface area contributed by atoms with Gasteiger partial charge in [0.05, 0.1) is 17.3 Å². The number of hydrogen-bond donors (Lipinski definition) is 0. The van der Waals surface area contributed by atoms with Crippen LogP contribution in [0.2, 0.25) is 0 Å². The summed E-state index contributed by atoms with van der Waals surface area (Å²) >= 11 is 1.57. The normalized spacial score (nSPS) is 18.0. The van der Waals surface area contributed by atoms with Gasteiger partial charge in [-0.05, 0) is 24.8 Å². The molecule has 0 saturated carbocycles. The largest absolute Gasteiger partial charge is 0.337 e. The van der Waals surface area contributed by atoms with E-state index in [1.165, 1.54) is 0 Å². The van der Waals surface area contributed by atoms with Crippen molar-refractivity contribution in [2.45, 2.75) is 19.4 Å². The SMILES string of the molecule is C[C@H](c1cnccn1)N1CCCN(C(=O)c2ccsc2)CC1. The molecule has 2 aromatic rings. The fraction of sp³-hybridized carbons (Fsp3) is 0.438. The van der Waals surface area contributed by atoms with Gasteiger partial charge in [-0.3, -0.25) is 19.7 Å². The number of nitrogens with zero attached hydrogens (tertiary/aromatic N) is 4. The summed E-state index contributed by atoms with van der Waals surface area (Å²) in [6.45, 7) is 5.58. The Labute approximate surface area is 134 Å². The molecule has 1 fully saturated rings. The number of hydrogen-bond acceptors (Lipinski definition) is 5. The second-order valence-corrected chi connectivity index (χ2v) is 6.28. The summed E-state index contributed by atoms with van der Waals surface area (Å²) in [4.78, 5) is 25.3. The van der Waals surface area contributed by atoms with E-state index in [2.05, 4.69) is 21.8 Å². The van der Waals surface area contributed by atoms with Crippen molar-refractivity contribution in [1.82, 2.24) is 19.8 Å². The van der Waals surface area contributed by atoms with Crippen molar-refractivity contribution < 1.29 is 4.79 Å². The van der Waals surface area contributed by atoms with Crippen LogP contribution in [0, 0.1) is 0 Å². The van der Waals surface area contributed by atoms with Crippen LogP contribution >= 0.6 is 11.3 Å². The highest BCUT2D eigenvalue weighted by Crippen LogP contribution is 2.20. The highest BCUT2D eigenvalue weighted by Gasteiger charge is 2.24. The predicted molar refractivity (Wildman–Crippen MR) is 86.9 cm³/mol. The first-order valence-electron chi connectivity index (χ1n) is 7.57. The van der Waals surface area contributed by atoms with Crippen LogP contribution in [0.4, 0.5) is 0 Å². The summed E-state index contributed by atoms with van der Waals surface area (Å²) in [5, 5.41) is 3.88. The van der Waals surface area contributed by atoms with E-state index >= 15 is 0 Å². The molecule has 0 aliphatic carbocycles. The van der Waals surface area contributed by atoms with E-state index < -0.39 is 0 Å². The van der Waals surface area contributed by atoms with Gasteiger partial charge in [-0.25, -0.2) is 0 Å². The number of thiophene rings is 1. The van der Waals surface area contributed by atoms with Crippen LogP contribution in [-0.4, -0.2) is 51.9 Å². The predicted octanol–water partition coefficient (Wildman–Crippen LogP) is 2.45. The van der Waals surface area contributed by atoms with Crippen molar-refractivity contribution in [2.24, 2.45) is 0 Å². The lowest BCUT2D eigenvalue weighted by Crippen LogP contribution is -2.35. The Morgan fingerprint density at radius 1 is 1.27 bits per heavy atom. The van der Waals surface area contributed by atoms with Crippen LogP contribution in [-0.2, 0) is 0 Å². The highest BCUT2D eigenvalue weighted by molar-refractivity contribution is 7.08. The summed E-state index contributed by atoms with van der Waals surface area (Å²) in [5.41, 5.74) is 1.79. The molecule has 0 spiro atoms. The second-order valence-electron chi connectivity index (χ2n) is 5.50. The van der Waals surface area contributed by atoms with Gasteiger partial charge in [-0.1, -0.05) is 0 Å². The van der Waals surface area contributed by atoms with Crippen molar-refractivity contribution >= 4 is 17.2 Å².